The van der Waals surface area contributed by atoms with Crippen molar-refractivity contribution in [2.75, 3.05) is 6.54 Å². The second-order valence-corrected chi connectivity index (χ2v) is 7.38. The minimum Gasteiger partial charge on any atom is -0.292 e. The van der Waals surface area contributed by atoms with Gasteiger partial charge in [-0.1, -0.05) is 60.2 Å². The summed E-state index contributed by atoms with van der Waals surface area (Å²) in [6.07, 6.45) is 3.37. The fraction of sp³-hybridized carbons (Fsp3) is 0.167. The van der Waals surface area contributed by atoms with E-state index in [0.717, 1.165) is 5.56 Å². The van der Waals surface area contributed by atoms with Gasteiger partial charge in [-0.2, -0.15) is 4.31 Å². The number of carbonyl (C=O) groups excluding carboxylic acids is 1. The van der Waals surface area contributed by atoms with Gasteiger partial charge in [0.2, 0.25) is 10.0 Å². The normalized spacial score (nSPS) is 18.2. The average molecular weight is 327 g/mol. The predicted octanol–water partition coefficient (Wildman–Crippen LogP) is 2.81. The maximum absolute atomic E-state index is 12.8. The van der Waals surface area contributed by atoms with Crippen molar-refractivity contribution in [2.24, 2.45) is 0 Å². The number of Topliss-reactive ketones (excluding diaryl/α,β-unsaturated/α-hetero) is 1. The van der Waals surface area contributed by atoms with Crippen LogP contribution in [0.1, 0.15) is 15.9 Å². The summed E-state index contributed by atoms with van der Waals surface area (Å²) in [5, 5.41) is 0. The Morgan fingerprint density at radius 1 is 1.04 bits per heavy atom. The van der Waals surface area contributed by atoms with E-state index in [1.54, 1.807) is 60.7 Å². The van der Waals surface area contributed by atoms with E-state index in [9.17, 15) is 13.2 Å². The zero-order valence-electron chi connectivity index (χ0n) is 12.7. The van der Waals surface area contributed by atoms with E-state index in [2.05, 4.69) is 0 Å². The van der Waals surface area contributed by atoms with Gasteiger partial charge in [0.1, 0.15) is 6.04 Å². The Hall–Kier alpha value is -2.24. The third-order valence-corrected chi connectivity index (χ3v) is 5.73. The monoisotopic (exact) mass is 327 g/mol. The molecule has 1 atom stereocenters. The number of carbonyl (C=O) groups is 1. The molecule has 0 N–H and O–H groups in total. The molecule has 5 heteroatoms. The molecule has 0 saturated heterocycles. The Morgan fingerprint density at radius 3 is 2.35 bits per heavy atom. The van der Waals surface area contributed by atoms with Gasteiger partial charge in [0.25, 0.3) is 0 Å². The third-order valence-electron chi connectivity index (χ3n) is 3.87. The molecule has 1 heterocycles. The second kappa shape index (κ2) is 6.10. The number of aryl methyl sites for hydroxylation is 1. The predicted molar refractivity (Wildman–Crippen MR) is 88.8 cm³/mol. The number of hydrogen-bond donors (Lipinski definition) is 0. The first kappa shape index (κ1) is 15.6. The Labute approximate surface area is 136 Å². The molecule has 4 nitrogen and oxygen atoms in total. The number of rotatable bonds is 4. The molecule has 23 heavy (non-hydrogen) atoms. The van der Waals surface area contributed by atoms with Gasteiger partial charge in [-0.3, -0.25) is 4.79 Å². The summed E-state index contributed by atoms with van der Waals surface area (Å²) in [4.78, 5) is 12.8. The van der Waals surface area contributed by atoms with Crippen molar-refractivity contribution in [3.63, 3.8) is 0 Å². The van der Waals surface area contributed by atoms with Crippen LogP contribution >= 0.6 is 0 Å². The van der Waals surface area contributed by atoms with Crippen molar-refractivity contribution in [3.05, 3.63) is 77.9 Å². The van der Waals surface area contributed by atoms with Crippen LogP contribution in [-0.2, 0) is 10.0 Å². The highest BCUT2D eigenvalue weighted by atomic mass is 32.2. The number of benzene rings is 2. The molecular weight excluding hydrogens is 310 g/mol. The van der Waals surface area contributed by atoms with Crippen LogP contribution in [0, 0.1) is 6.92 Å². The van der Waals surface area contributed by atoms with Gasteiger partial charge in [0.15, 0.2) is 5.78 Å². The van der Waals surface area contributed by atoms with Gasteiger partial charge in [0.05, 0.1) is 4.90 Å². The third kappa shape index (κ3) is 2.98. The molecule has 0 radical (unpaired) electrons. The van der Waals surface area contributed by atoms with Gasteiger partial charge in [0, 0.05) is 12.1 Å². The van der Waals surface area contributed by atoms with Crippen molar-refractivity contribution in [1.82, 2.24) is 4.31 Å². The fourth-order valence-electron chi connectivity index (χ4n) is 2.59. The first-order chi connectivity index (χ1) is 11.0. The summed E-state index contributed by atoms with van der Waals surface area (Å²) < 4.78 is 26.9. The highest BCUT2D eigenvalue weighted by molar-refractivity contribution is 7.89. The van der Waals surface area contributed by atoms with E-state index in [4.69, 9.17) is 0 Å². The number of hydrogen-bond acceptors (Lipinski definition) is 3. The molecule has 1 aliphatic heterocycles. The van der Waals surface area contributed by atoms with Crippen LogP contribution in [0.2, 0.25) is 0 Å². The smallest absolute Gasteiger partial charge is 0.244 e. The summed E-state index contributed by atoms with van der Waals surface area (Å²) >= 11 is 0. The van der Waals surface area contributed by atoms with Crippen LogP contribution in [0.25, 0.3) is 0 Å². The van der Waals surface area contributed by atoms with Crippen molar-refractivity contribution >= 4 is 15.8 Å². The SMILES string of the molecule is Cc1ccc(S(=O)(=O)N2CC=CC2C(=O)c2ccccc2)cc1. The lowest BCUT2D eigenvalue weighted by Gasteiger charge is -2.23. The number of ketones is 1. The fourth-order valence-corrected chi connectivity index (χ4v) is 4.09. The Kier molecular flexibility index (Phi) is 4.15. The maximum Gasteiger partial charge on any atom is 0.244 e. The molecular formula is C18H17NO3S. The highest BCUT2D eigenvalue weighted by Gasteiger charge is 2.36. The summed E-state index contributed by atoms with van der Waals surface area (Å²) in [5.74, 6) is -0.213. The summed E-state index contributed by atoms with van der Waals surface area (Å²) in [7, 11) is -3.71. The summed E-state index contributed by atoms with van der Waals surface area (Å²) in [6, 6.07) is 14.6. The van der Waals surface area contributed by atoms with Crippen LogP contribution in [0.5, 0.6) is 0 Å². The maximum atomic E-state index is 12.8. The van der Waals surface area contributed by atoms with E-state index < -0.39 is 16.1 Å². The summed E-state index contributed by atoms with van der Waals surface area (Å²) in [5.41, 5.74) is 1.49. The van der Waals surface area contributed by atoms with E-state index in [1.165, 1.54) is 4.31 Å². The van der Waals surface area contributed by atoms with Gasteiger partial charge in [-0.15, -0.1) is 0 Å². The van der Waals surface area contributed by atoms with Gasteiger partial charge in [-0.05, 0) is 19.1 Å². The first-order valence-corrected chi connectivity index (χ1v) is 8.78. The molecule has 3 rings (SSSR count). The summed E-state index contributed by atoms with van der Waals surface area (Å²) in [6.45, 7) is 2.11. The quantitative estimate of drug-likeness (QED) is 0.641. The second-order valence-electron chi connectivity index (χ2n) is 5.49. The largest absolute Gasteiger partial charge is 0.292 e. The molecule has 2 aromatic rings. The van der Waals surface area contributed by atoms with Crippen molar-refractivity contribution in [3.8, 4) is 0 Å². The van der Waals surface area contributed by atoms with Crippen LogP contribution in [-0.4, -0.2) is 31.1 Å². The Bertz CT molecular complexity index is 840. The number of nitrogens with zero attached hydrogens (tertiary/aromatic N) is 1. The van der Waals surface area contributed by atoms with Crippen LogP contribution in [0.4, 0.5) is 0 Å². The van der Waals surface area contributed by atoms with Crippen LogP contribution in [0.3, 0.4) is 0 Å². The van der Waals surface area contributed by atoms with E-state index in [1.807, 2.05) is 13.0 Å². The highest BCUT2D eigenvalue weighted by Crippen LogP contribution is 2.24. The van der Waals surface area contributed by atoms with Gasteiger partial charge < -0.3 is 0 Å². The molecule has 1 aliphatic rings. The topological polar surface area (TPSA) is 54.5 Å². The molecule has 0 bridgehead atoms. The van der Waals surface area contributed by atoms with Crippen molar-refractivity contribution in [2.45, 2.75) is 17.9 Å². The van der Waals surface area contributed by atoms with Crippen LogP contribution in [0.15, 0.2) is 71.6 Å². The minimum absolute atomic E-state index is 0.206. The standard InChI is InChI=1S/C18H17NO3S/c1-14-9-11-16(12-10-14)23(21,22)19-13-5-8-17(19)18(20)15-6-3-2-4-7-15/h2-12,17H,13H2,1H3. The lowest BCUT2D eigenvalue weighted by Crippen LogP contribution is -2.40. The van der Waals surface area contributed by atoms with Crippen molar-refractivity contribution < 1.29 is 13.2 Å². The molecule has 2 aromatic carbocycles. The lowest BCUT2D eigenvalue weighted by molar-refractivity contribution is 0.0937. The lowest BCUT2D eigenvalue weighted by atomic mass is 10.1. The van der Waals surface area contributed by atoms with Gasteiger partial charge in [-0.25, -0.2) is 8.42 Å². The van der Waals surface area contributed by atoms with Crippen LogP contribution < -0.4 is 0 Å². The number of sulfonamides is 1. The van der Waals surface area contributed by atoms with E-state index in [-0.39, 0.29) is 17.2 Å². The molecule has 0 fully saturated rings. The molecule has 0 spiro atoms. The molecule has 0 amide bonds. The minimum atomic E-state index is -3.71. The van der Waals surface area contributed by atoms with E-state index in [0.29, 0.717) is 5.56 Å². The molecule has 0 aromatic heterocycles. The first-order valence-electron chi connectivity index (χ1n) is 7.34. The molecule has 0 aliphatic carbocycles. The zero-order chi connectivity index (χ0) is 16.4. The molecule has 0 saturated carbocycles. The zero-order valence-corrected chi connectivity index (χ0v) is 13.5. The average Bonchev–Trinajstić information content (AvgIpc) is 3.06. The Balaban J connectivity index is 1.93. The Morgan fingerprint density at radius 2 is 1.70 bits per heavy atom. The molecule has 1 unspecified atom stereocenters. The van der Waals surface area contributed by atoms with E-state index >= 15 is 0 Å². The van der Waals surface area contributed by atoms with Crippen molar-refractivity contribution in [1.29, 1.82) is 0 Å². The van der Waals surface area contributed by atoms with Gasteiger partial charge >= 0.3 is 0 Å². The molecule has 118 valence electrons.